The van der Waals surface area contributed by atoms with Crippen LogP contribution < -0.4 is 10.4 Å². The molecular weight excluding hydrogens is 494 g/mol. The molecule has 0 bridgehead atoms. The molecule has 1 fully saturated rings. The zero-order valence-electron chi connectivity index (χ0n) is 15.2. The van der Waals surface area contributed by atoms with Crippen molar-refractivity contribution in [2.45, 2.75) is 6.42 Å². The minimum absolute atomic E-state index is 0.0233. The maximum atomic E-state index is 12.6. The molecule has 1 N–H and O–H groups in total. The van der Waals surface area contributed by atoms with Crippen LogP contribution in [0.5, 0.6) is 5.75 Å². The van der Waals surface area contributed by atoms with Crippen LogP contribution >= 0.6 is 39.9 Å². The standard InChI is InChI=1S/C19H14BrN3O5S2/c20-12-3-1-2-11(8-12)9-16-18(26)22(19(29)30-16)7-6-17(25)21-14-10-13(23(27)28)4-5-15(14)24/h1-5,8-10,24H,6-7H2,(H,21,25)/p-1/b16-9-. The summed E-state index contributed by atoms with van der Waals surface area (Å²) in [7, 11) is 0. The van der Waals surface area contributed by atoms with E-state index in [0.717, 1.165) is 40.0 Å². The average molecular weight is 507 g/mol. The lowest BCUT2D eigenvalue weighted by atomic mass is 10.2. The Morgan fingerprint density at radius 2 is 2.07 bits per heavy atom. The first-order valence-electron chi connectivity index (χ1n) is 8.51. The number of halogens is 1. The third kappa shape index (κ3) is 5.23. The molecule has 2 amide bonds. The van der Waals surface area contributed by atoms with Crippen molar-refractivity contribution in [3.05, 3.63) is 67.5 Å². The molecule has 1 aliphatic heterocycles. The number of nitrogens with zero attached hydrogens (tertiary/aromatic N) is 2. The molecule has 11 heteroatoms. The van der Waals surface area contributed by atoms with Gasteiger partial charge >= 0.3 is 0 Å². The fourth-order valence-corrected chi connectivity index (χ4v) is 4.32. The van der Waals surface area contributed by atoms with E-state index in [2.05, 4.69) is 21.2 Å². The van der Waals surface area contributed by atoms with E-state index in [9.17, 15) is 24.8 Å². The molecule has 1 saturated heterocycles. The molecule has 0 aromatic heterocycles. The average Bonchev–Trinajstić information content (AvgIpc) is 2.94. The van der Waals surface area contributed by atoms with Gasteiger partial charge < -0.3 is 10.4 Å². The van der Waals surface area contributed by atoms with Gasteiger partial charge in [-0.2, -0.15) is 0 Å². The molecule has 30 heavy (non-hydrogen) atoms. The second-order valence-electron chi connectivity index (χ2n) is 6.12. The van der Waals surface area contributed by atoms with Crippen LogP contribution in [0.2, 0.25) is 0 Å². The zero-order valence-corrected chi connectivity index (χ0v) is 18.4. The van der Waals surface area contributed by atoms with Gasteiger partial charge in [0.15, 0.2) is 0 Å². The van der Waals surface area contributed by atoms with Gasteiger partial charge in [-0.25, -0.2) is 0 Å². The van der Waals surface area contributed by atoms with E-state index < -0.39 is 16.6 Å². The lowest BCUT2D eigenvalue weighted by Gasteiger charge is -2.16. The normalized spacial score (nSPS) is 15.0. The fraction of sp³-hybridized carbons (Fsp3) is 0.105. The number of non-ortho nitro benzene ring substituents is 1. The molecule has 154 valence electrons. The maximum absolute atomic E-state index is 12.6. The molecule has 1 heterocycles. The number of thiocarbonyl (C=S) groups is 1. The number of carbonyl (C=O) groups is 2. The third-order valence-corrected chi connectivity index (χ3v) is 5.90. The largest absolute Gasteiger partial charge is 0.871 e. The molecule has 0 atom stereocenters. The van der Waals surface area contributed by atoms with Crippen molar-refractivity contribution in [2.75, 3.05) is 11.9 Å². The number of nitrogens with one attached hydrogen (secondary N) is 1. The molecule has 0 aliphatic carbocycles. The van der Waals surface area contributed by atoms with E-state index >= 15 is 0 Å². The topological polar surface area (TPSA) is 116 Å². The molecule has 0 saturated carbocycles. The summed E-state index contributed by atoms with van der Waals surface area (Å²) in [6.07, 6.45) is 1.59. The Balaban J connectivity index is 1.64. The van der Waals surface area contributed by atoms with E-state index in [1.54, 1.807) is 6.08 Å². The summed E-state index contributed by atoms with van der Waals surface area (Å²) in [4.78, 5) is 36.8. The molecule has 0 unspecified atom stereocenters. The number of amides is 2. The van der Waals surface area contributed by atoms with Crippen LogP contribution in [0.1, 0.15) is 12.0 Å². The number of nitro groups is 1. The van der Waals surface area contributed by atoms with Gasteiger partial charge in [-0.3, -0.25) is 24.6 Å². The van der Waals surface area contributed by atoms with Crippen LogP contribution in [0.25, 0.3) is 6.08 Å². The first kappa shape index (κ1) is 21.9. The molecular formula is C19H13BrN3O5S2-. The quantitative estimate of drug-likeness (QED) is 0.275. The van der Waals surface area contributed by atoms with Crippen LogP contribution in [-0.4, -0.2) is 32.5 Å². The molecule has 0 radical (unpaired) electrons. The van der Waals surface area contributed by atoms with Crippen molar-refractivity contribution >= 4 is 73.5 Å². The smallest absolute Gasteiger partial charge is 0.271 e. The van der Waals surface area contributed by atoms with E-state index in [1.165, 1.54) is 4.90 Å². The van der Waals surface area contributed by atoms with Gasteiger partial charge in [-0.15, -0.1) is 0 Å². The summed E-state index contributed by atoms with van der Waals surface area (Å²) in [6, 6.07) is 10.5. The minimum atomic E-state index is -0.660. The summed E-state index contributed by atoms with van der Waals surface area (Å²) < 4.78 is 1.20. The van der Waals surface area contributed by atoms with Gasteiger partial charge in [-0.05, 0) is 23.8 Å². The Labute approximate surface area is 189 Å². The number of nitro benzene ring substituents is 1. The lowest BCUT2D eigenvalue weighted by molar-refractivity contribution is -0.385. The van der Waals surface area contributed by atoms with Gasteiger partial charge in [0, 0.05) is 35.3 Å². The Morgan fingerprint density at radius 1 is 1.30 bits per heavy atom. The number of hydrogen-bond acceptors (Lipinski definition) is 7. The Morgan fingerprint density at radius 3 is 2.77 bits per heavy atom. The van der Waals surface area contributed by atoms with Gasteiger partial charge in [0.1, 0.15) is 4.32 Å². The zero-order chi connectivity index (χ0) is 21.8. The van der Waals surface area contributed by atoms with Crippen molar-refractivity contribution in [3.63, 3.8) is 0 Å². The van der Waals surface area contributed by atoms with Gasteiger partial charge in [0.05, 0.1) is 9.83 Å². The maximum Gasteiger partial charge on any atom is 0.271 e. The van der Waals surface area contributed by atoms with Crippen molar-refractivity contribution in [3.8, 4) is 5.75 Å². The summed E-state index contributed by atoms with van der Waals surface area (Å²) >= 11 is 9.76. The van der Waals surface area contributed by atoms with E-state index in [1.807, 2.05) is 24.3 Å². The number of benzene rings is 2. The first-order valence-corrected chi connectivity index (χ1v) is 10.5. The van der Waals surface area contributed by atoms with Crippen LogP contribution in [0.3, 0.4) is 0 Å². The highest BCUT2D eigenvalue weighted by Crippen LogP contribution is 2.33. The summed E-state index contributed by atoms with van der Waals surface area (Å²) in [5.74, 6) is -1.41. The predicted octanol–water partition coefficient (Wildman–Crippen LogP) is 3.66. The highest BCUT2D eigenvalue weighted by atomic mass is 79.9. The SMILES string of the molecule is O=C(CCN1C(=O)/C(=C/c2cccc(Br)c2)SC1=S)Nc1cc([N+](=O)[O-])ccc1[O-]. The molecule has 2 aromatic rings. The highest BCUT2D eigenvalue weighted by Gasteiger charge is 2.32. The lowest BCUT2D eigenvalue weighted by Crippen LogP contribution is -2.31. The first-order chi connectivity index (χ1) is 14.2. The summed E-state index contributed by atoms with van der Waals surface area (Å²) in [6.45, 7) is 0.0233. The van der Waals surface area contributed by atoms with E-state index in [0.29, 0.717) is 9.23 Å². The summed E-state index contributed by atoms with van der Waals surface area (Å²) in [5, 5.41) is 25.0. The molecule has 0 spiro atoms. The van der Waals surface area contributed by atoms with Gasteiger partial charge in [-0.1, -0.05) is 63.9 Å². The second-order valence-corrected chi connectivity index (χ2v) is 8.72. The van der Waals surface area contributed by atoms with Gasteiger partial charge in [0.25, 0.3) is 11.6 Å². The number of hydrogen-bond donors (Lipinski definition) is 1. The van der Waals surface area contributed by atoms with Crippen molar-refractivity contribution in [2.24, 2.45) is 0 Å². The second kappa shape index (κ2) is 9.37. The Bertz CT molecular complexity index is 1090. The highest BCUT2D eigenvalue weighted by molar-refractivity contribution is 9.10. The molecule has 8 nitrogen and oxygen atoms in total. The Hall–Kier alpha value is -2.76. The third-order valence-electron chi connectivity index (χ3n) is 4.03. The molecule has 2 aromatic carbocycles. The number of thioether (sulfide) groups is 1. The van der Waals surface area contributed by atoms with E-state index in [-0.39, 0.29) is 30.2 Å². The number of rotatable bonds is 6. The van der Waals surface area contributed by atoms with Crippen molar-refractivity contribution in [1.29, 1.82) is 0 Å². The summed E-state index contributed by atoms with van der Waals surface area (Å²) in [5.41, 5.74) is 0.338. The predicted molar refractivity (Wildman–Crippen MR) is 120 cm³/mol. The van der Waals surface area contributed by atoms with Crippen molar-refractivity contribution in [1.82, 2.24) is 4.90 Å². The van der Waals surface area contributed by atoms with Crippen LogP contribution in [0, 0.1) is 10.1 Å². The van der Waals surface area contributed by atoms with Crippen LogP contribution in [-0.2, 0) is 9.59 Å². The van der Waals surface area contributed by atoms with Crippen molar-refractivity contribution < 1.29 is 19.6 Å². The van der Waals surface area contributed by atoms with Crippen LogP contribution in [0.15, 0.2) is 51.8 Å². The molecule has 1 aliphatic rings. The Kier molecular flexibility index (Phi) is 6.85. The number of carbonyl (C=O) groups excluding carboxylic acids is 2. The molecule has 3 rings (SSSR count). The monoisotopic (exact) mass is 506 g/mol. The minimum Gasteiger partial charge on any atom is -0.871 e. The fourth-order valence-electron chi connectivity index (χ4n) is 2.60. The van der Waals surface area contributed by atoms with Gasteiger partial charge in [0.2, 0.25) is 5.91 Å². The number of anilines is 1. The van der Waals surface area contributed by atoms with Crippen LogP contribution in [0.4, 0.5) is 11.4 Å². The van der Waals surface area contributed by atoms with E-state index in [4.69, 9.17) is 12.2 Å².